The molecule has 0 aromatic heterocycles. The van der Waals surface area contributed by atoms with Crippen molar-refractivity contribution in [2.75, 3.05) is 19.8 Å². The Balaban J connectivity index is 1.73. The first-order chi connectivity index (χ1) is 10.3. The zero-order chi connectivity index (χ0) is 14.7. The number of benzene rings is 1. The second-order valence-corrected chi connectivity index (χ2v) is 6.09. The van der Waals surface area contributed by atoms with Gasteiger partial charge in [-0.25, -0.2) is 0 Å². The van der Waals surface area contributed by atoms with Crippen LogP contribution in [0.25, 0.3) is 0 Å². The molecule has 1 aromatic carbocycles. The quantitative estimate of drug-likeness (QED) is 0.922. The monoisotopic (exact) mass is 286 g/mol. The average molecular weight is 286 g/mol. The molecule has 2 aliphatic rings. The molecule has 0 radical (unpaired) electrons. The Bertz CT molecular complexity index is 526. The van der Waals surface area contributed by atoms with E-state index in [1.165, 1.54) is 0 Å². The molecule has 1 aliphatic carbocycles. The van der Waals surface area contributed by atoms with E-state index in [1.807, 2.05) is 18.2 Å². The molecule has 0 amide bonds. The van der Waals surface area contributed by atoms with Gasteiger partial charge in [0.25, 0.3) is 0 Å². The Morgan fingerprint density at radius 2 is 2.29 bits per heavy atom. The van der Waals surface area contributed by atoms with Crippen LogP contribution >= 0.6 is 0 Å². The van der Waals surface area contributed by atoms with E-state index in [-0.39, 0.29) is 6.10 Å². The summed E-state index contributed by atoms with van der Waals surface area (Å²) in [6.45, 7) is 3.17. The Morgan fingerprint density at radius 3 is 3.05 bits per heavy atom. The number of hydrogen-bond donors (Lipinski definition) is 1. The van der Waals surface area contributed by atoms with E-state index >= 15 is 0 Å². The van der Waals surface area contributed by atoms with Crippen molar-refractivity contribution in [3.8, 4) is 6.07 Å². The van der Waals surface area contributed by atoms with Crippen LogP contribution < -0.4 is 0 Å². The van der Waals surface area contributed by atoms with Crippen LogP contribution in [0.5, 0.6) is 0 Å². The normalized spacial score (nSPS) is 30.2. The minimum atomic E-state index is -0.190. The molecule has 0 spiro atoms. The molecule has 2 fully saturated rings. The lowest BCUT2D eigenvalue weighted by atomic mass is 9.94. The molecule has 21 heavy (non-hydrogen) atoms. The number of aliphatic hydroxyl groups is 1. The van der Waals surface area contributed by atoms with Crippen molar-refractivity contribution in [1.29, 1.82) is 5.26 Å². The van der Waals surface area contributed by atoms with Crippen molar-refractivity contribution in [3.63, 3.8) is 0 Å². The molecule has 0 unspecified atom stereocenters. The van der Waals surface area contributed by atoms with E-state index in [1.54, 1.807) is 0 Å². The minimum Gasteiger partial charge on any atom is -0.393 e. The second kappa shape index (κ2) is 6.57. The summed E-state index contributed by atoms with van der Waals surface area (Å²) in [4.78, 5) is 2.42. The standard InChI is InChI=1S/C17H22N2O2/c18-10-13-3-1-4-14(9-13)11-19-7-8-21-12-16(19)15-5-2-6-17(15)20/h1,3-4,9,15-17,20H,2,5-8,11-12H2/t15-,16-,17-/m1/s1. The summed E-state index contributed by atoms with van der Waals surface area (Å²) in [6.07, 6.45) is 2.92. The molecule has 1 heterocycles. The van der Waals surface area contributed by atoms with Gasteiger partial charge in [-0.2, -0.15) is 5.26 Å². The van der Waals surface area contributed by atoms with E-state index in [9.17, 15) is 5.11 Å². The molecular formula is C17H22N2O2. The van der Waals surface area contributed by atoms with E-state index in [0.717, 1.165) is 44.5 Å². The summed E-state index contributed by atoms with van der Waals surface area (Å²) in [7, 11) is 0. The first-order valence-electron chi connectivity index (χ1n) is 7.77. The van der Waals surface area contributed by atoms with Gasteiger partial charge in [-0.05, 0) is 30.5 Å². The molecule has 3 rings (SSSR count). The summed E-state index contributed by atoms with van der Waals surface area (Å²) in [5.41, 5.74) is 1.87. The predicted octanol–water partition coefficient (Wildman–Crippen LogP) is 1.92. The van der Waals surface area contributed by atoms with E-state index in [2.05, 4.69) is 17.0 Å². The van der Waals surface area contributed by atoms with Crippen LogP contribution in [0.1, 0.15) is 30.4 Å². The zero-order valence-electron chi connectivity index (χ0n) is 12.2. The van der Waals surface area contributed by atoms with Gasteiger partial charge in [0, 0.05) is 25.0 Å². The lowest BCUT2D eigenvalue weighted by Crippen LogP contribution is -2.50. The molecule has 1 saturated carbocycles. The Labute approximate surface area is 125 Å². The molecule has 1 N–H and O–H groups in total. The van der Waals surface area contributed by atoms with Crippen LogP contribution in [0.3, 0.4) is 0 Å². The number of nitriles is 1. The highest BCUT2D eigenvalue weighted by Gasteiger charge is 2.37. The summed E-state index contributed by atoms with van der Waals surface area (Å²) in [5, 5.41) is 19.2. The zero-order valence-corrected chi connectivity index (χ0v) is 12.2. The molecule has 1 saturated heterocycles. The summed E-state index contributed by atoms with van der Waals surface area (Å²) in [5.74, 6) is 0.324. The van der Waals surface area contributed by atoms with Crippen molar-refractivity contribution in [2.45, 2.75) is 38.0 Å². The molecule has 0 bridgehead atoms. The number of nitrogens with zero attached hydrogens (tertiary/aromatic N) is 2. The maximum Gasteiger partial charge on any atom is 0.0991 e. The fourth-order valence-electron chi connectivity index (χ4n) is 3.64. The fourth-order valence-corrected chi connectivity index (χ4v) is 3.64. The van der Waals surface area contributed by atoms with Gasteiger partial charge in [-0.15, -0.1) is 0 Å². The Morgan fingerprint density at radius 1 is 1.38 bits per heavy atom. The summed E-state index contributed by atoms with van der Waals surface area (Å²) in [6, 6.07) is 10.3. The van der Waals surface area contributed by atoms with Gasteiger partial charge in [0.1, 0.15) is 0 Å². The van der Waals surface area contributed by atoms with Crippen LogP contribution in [0.15, 0.2) is 24.3 Å². The highest BCUT2D eigenvalue weighted by atomic mass is 16.5. The molecular weight excluding hydrogens is 264 g/mol. The topological polar surface area (TPSA) is 56.5 Å². The van der Waals surface area contributed by atoms with Gasteiger partial charge in [-0.1, -0.05) is 18.6 Å². The third kappa shape index (κ3) is 3.26. The summed E-state index contributed by atoms with van der Waals surface area (Å²) < 4.78 is 5.65. The number of ether oxygens (including phenoxy) is 1. The maximum atomic E-state index is 10.2. The fraction of sp³-hybridized carbons (Fsp3) is 0.588. The molecule has 112 valence electrons. The van der Waals surface area contributed by atoms with Gasteiger partial charge in [-0.3, -0.25) is 4.90 Å². The van der Waals surface area contributed by atoms with Gasteiger partial charge in [0.2, 0.25) is 0 Å². The third-order valence-corrected chi connectivity index (χ3v) is 4.75. The van der Waals surface area contributed by atoms with Crippen LogP contribution in [-0.2, 0) is 11.3 Å². The van der Waals surface area contributed by atoms with Crippen LogP contribution in [0.4, 0.5) is 0 Å². The Hall–Kier alpha value is -1.41. The number of aliphatic hydroxyl groups excluding tert-OH is 1. The third-order valence-electron chi connectivity index (χ3n) is 4.75. The molecule has 1 aliphatic heterocycles. The molecule has 1 aromatic rings. The van der Waals surface area contributed by atoms with Gasteiger partial charge in [0.15, 0.2) is 0 Å². The average Bonchev–Trinajstić information content (AvgIpc) is 2.94. The Kier molecular flexibility index (Phi) is 4.54. The number of hydrogen-bond acceptors (Lipinski definition) is 4. The largest absolute Gasteiger partial charge is 0.393 e. The number of rotatable bonds is 3. The van der Waals surface area contributed by atoms with Gasteiger partial charge >= 0.3 is 0 Å². The highest BCUT2D eigenvalue weighted by Crippen LogP contribution is 2.32. The first kappa shape index (κ1) is 14.5. The summed E-state index contributed by atoms with van der Waals surface area (Å²) >= 11 is 0. The van der Waals surface area contributed by atoms with Crippen molar-refractivity contribution in [2.24, 2.45) is 5.92 Å². The van der Waals surface area contributed by atoms with E-state index in [4.69, 9.17) is 10.00 Å². The SMILES string of the molecule is N#Cc1cccc(CN2CCOC[C@@H]2[C@H]2CCC[C@H]2O)c1. The van der Waals surface area contributed by atoms with Crippen LogP contribution in [0, 0.1) is 17.2 Å². The minimum absolute atomic E-state index is 0.190. The van der Waals surface area contributed by atoms with Gasteiger partial charge < -0.3 is 9.84 Å². The first-order valence-corrected chi connectivity index (χ1v) is 7.77. The predicted molar refractivity (Wildman–Crippen MR) is 79.5 cm³/mol. The highest BCUT2D eigenvalue weighted by molar-refractivity contribution is 5.32. The van der Waals surface area contributed by atoms with Crippen molar-refractivity contribution >= 4 is 0 Å². The van der Waals surface area contributed by atoms with Crippen LogP contribution in [0.2, 0.25) is 0 Å². The molecule has 4 nitrogen and oxygen atoms in total. The number of morpholine rings is 1. The lowest BCUT2D eigenvalue weighted by molar-refractivity contribution is -0.0536. The molecule has 3 atom stereocenters. The van der Waals surface area contributed by atoms with Crippen LogP contribution in [-0.4, -0.2) is 41.9 Å². The van der Waals surface area contributed by atoms with Crippen molar-refractivity contribution < 1.29 is 9.84 Å². The van der Waals surface area contributed by atoms with E-state index in [0.29, 0.717) is 24.1 Å². The van der Waals surface area contributed by atoms with E-state index < -0.39 is 0 Å². The smallest absolute Gasteiger partial charge is 0.0991 e. The second-order valence-electron chi connectivity index (χ2n) is 6.09. The lowest BCUT2D eigenvalue weighted by Gasteiger charge is -2.40. The van der Waals surface area contributed by atoms with Gasteiger partial charge in [0.05, 0.1) is 31.0 Å². The maximum absolute atomic E-state index is 10.2. The molecule has 4 heteroatoms. The van der Waals surface area contributed by atoms with Crippen molar-refractivity contribution in [1.82, 2.24) is 4.90 Å². The van der Waals surface area contributed by atoms with Crippen molar-refractivity contribution in [3.05, 3.63) is 35.4 Å².